The third kappa shape index (κ3) is 4.62. The van der Waals surface area contributed by atoms with E-state index in [1.807, 2.05) is 0 Å². The number of hydrogen-bond acceptors (Lipinski definition) is 4. The third-order valence-corrected chi connectivity index (χ3v) is 7.88. The van der Waals surface area contributed by atoms with Gasteiger partial charge in [-0.2, -0.15) is 4.31 Å². The van der Waals surface area contributed by atoms with Gasteiger partial charge in [0.15, 0.2) is 0 Å². The van der Waals surface area contributed by atoms with Gasteiger partial charge < -0.3 is 0 Å². The number of likely N-dealkylation sites (tertiary alicyclic amines) is 1. The molecule has 0 N–H and O–H groups in total. The molecule has 2 aliphatic heterocycles. The van der Waals surface area contributed by atoms with Crippen LogP contribution in [0.15, 0.2) is 53.7 Å². The zero-order chi connectivity index (χ0) is 19.4. The van der Waals surface area contributed by atoms with Crippen LogP contribution in [0.3, 0.4) is 0 Å². The van der Waals surface area contributed by atoms with Gasteiger partial charge in [0.2, 0.25) is 10.0 Å². The van der Waals surface area contributed by atoms with Crippen molar-refractivity contribution in [3.63, 3.8) is 0 Å². The second-order valence-electron chi connectivity index (χ2n) is 8.04. The Morgan fingerprint density at radius 3 is 2.25 bits per heavy atom. The number of nitrogens with zero attached hydrogens (tertiary/aromatic N) is 3. The molecule has 0 amide bonds. The minimum atomic E-state index is -3.41. The predicted molar refractivity (Wildman–Crippen MR) is 110 cm³/mol. The molecule has 0 unspecified atom stereocenters. The molecule has 150 valence electrons. The summed E-state index contributed by atoms with van der Waals surface area (Å²) in [6, 6.07) is 12.3. The zero-order valence-corrected chi connectivity index (χ0v) is 17.2. The van der Waals surface area contributed by atoms with Gasteiger partial charge in [-0.3, -0.25) is 9.88 Å². The van der Waals surface area contributed by atoms with E-state index < -0.39 is 10.0 Å². The first kappa shape index (κ1) is 19.6. The Morgan fingerprint density at radius 2 is 1.61 bits per heavy atom. The van der Waals surface area contributed by atoms with E-state index in [1.165, 1.54) is 43.3 Å². The summed E-state index contributed by atoms with van der Waals surface area (Å²) in [5.41, 5.74) is 2.75. The first-order chi connectivity index (χ1) is 13.6. The predicted octanol–water partition coefficient (Wildman–Crippen LogP) is 3.32. The Kier molecular flexibility index (Phi) is 6.09. The van der Waals surface area contributed by atoms with Crippen LogP contribution in [-0.2, 0) is 23.0 Å². The van der Waals surface area contributed by atoms with Crippen LogP contribution in [0, 0.1) is 5.92 Å². The summed E-state index contributed by atoms with van der Waals surface area (Å²) in [4.78, 5) is 6.76. The molecule has 1 aromatic carbocycles. The van der Waals surface area contributed by atoms with Crippen molar-refractivity contribution in [2.24, 2.45) is 5.92 Å². The summed E-state index contributed by atoms with van der Waals surface area (Å²) >= 11 is 0. The van der Waals surface area contributed by atoms with Gasteiger partial charge in [0, 0.05) is 32.0 Å². The van der Waals surface area contributed by atoms with E-state index in [1.54, 1.807) is 22.6 Å². The summed E-state index contributed by atoms with van der Waals surface area (Å²) in [6.07, 6.45) is 8.54. The van der Waals surface area contributed by atoms with Gasteiger partial charge in [0.05, 0.1) is 0 Å². The Bertz CT molecular complexity index is 854. The van der Waals surface area contributed by atoms with E-state index in [0.29, 0.717) is 23.9 Å². The van der Waals surface area contributed by atoms with Crippen molar-refractivity contribution in [1.82, 2.24) is 14.2 Å². The maximum Gasteiger partial charge on any atom is 0.244 e. The van der Waals surface area contributed by atoms with E-state index in [4.69, 9.17) is 0 Å². The lowest BCUT2D eigenvalue weighted by molar-refractivity contribution is 0.272. The average molecular weight is 400 g/mol. The highest BCUT2D eigenvalue weighted by atomic mass is 32.2. The molecule has 6 heteroatoms. The van der Waals surface area contributed by atoms with Crippen LogP contribution in [0.2, 0.25) is 0 Å². The number of aromatic nitrogens is 1. The molecule has 0 saturated carbocycles. The van der Waals surface area contributed by atoms with Crippen molar-refractivity contribution in [2.75, 3.05) is 26.2 Å². The van der Waals surface area contributed by atoms with Crippen LogP contribution < -0.4 is 0 Å². The summed E-state index contributed by atoms with van der Waals surface area (Å²) in [5.74, 6) is 0.546. The van der Waals surface area contributed by atoms with E-state index in [-0.39, 0.29) is 0 Å². The number of piperidine rings is 1. The van der Waals surface area contributed by atoms with Crippen LogP contribution in [0.4, 0.5) is 0 Å². The zero-order valence-electron chi connectivity index (χ0n) is 16.3. The number of sulfonamides is 1. The second kappa shape index (κ2) is 8.72. The number of hydrogen-bond donors (Lipinski definition) is 0. The first-order valence-electron chi connectivity index (χ1n) is 10.3. The van der Waals surface area contributed by atoms with Crippen molar-refractivity contribution < 1.29 is 8.42 Å². The highest BCUT2D eigenvalue weighted by Gasteiger charge is 2.29. The molecular formula is C22H29N3O2S. The summed E-state index contributed by atoms with van der Waals surface area (Å²) in [7, 11) is -3.41. The SMILES string of the molecule is O=S(=O)(c1cccnc1)N1CCC(Cc2ccc(CN3CCCC3)cc2)CC1. The van der Waals surface area contributed by atoms with E-state index >= 15 is 0 Å². The molecule has 3 heterocycles. The fraction of sp³-hybridized carbons (Fsp3) is 0.500. The van der Waals surface area contributed by atoms with Crippen molar-refractivity contribution in [1.29, 1.82) is 0 Å². The van der Waals surface area contributed by atoms with Crippen molar-refractivity contribution in [3.8, 4) is 0 Å². The molecule has 28 heavy (non-hydrogen) atoms. The van der Waals surface area contributed by atoms with Crippen LogP contribution in [0.5, 0.6) is 0 Å². The summed E-state index contributed by atoms with van der Waals surface area (Å²) in [6.45, 7) is 4.69. The number of pyridine rings is 1. The largest absolute Gasteiger partial charge is 0.299 e. The first-order valence-corrected chi connectivity index (χ1v) is 11.8. The molecule has 2 aliphatic rings. The lowest BCUT2D eigenvalue weighted by atomic mass is 9.91. The van der Waals surface area contributed by atoms with Crippen LogP contribution >= 0.6 is 0 Å². The minimum Gasteiger partial charge on any atom is -0.299 e. The van der Waals surface area contributed by atoms with Crippen molar-refractivity contribution in [2.45, 2.75) is 43.5 Å². The smallest absolute Gasteiger partial charge is 0.244 e. The van der Waals surface area contributed by atoms with Gasteiger partial charge in [-0.25, -0.2) is 8.42 Å². The normalized spacial score (nSPS) is 19.9. The van der Waals surface area contributed by atoms with Crippen molar-refractivity contribution in [3.05, 3.63) is 59.9 Å². The number of rotatable bonds is 6. The average Bonchev–Trinajstić information content (AvgIpc) is 3.24. The molecule has 1 aromatic heterocycles. The third-order valence-electron chi connectivity index (χ3n) is 6.00. The van der Waals surface area contributed by atoms with Gasteiger partial charge >= 0.3 is 0 Å². The minimum absolute atomic E-state index is 0.294. The lowest BCUT2D eigenvalue weighted by Gasteiger charge is -2.31. The van der Waals surface area contributed by atoms with Gasteiger partial charge in [-0.05, 0) is 74.4 Å². The highest BCUT2D eigenvalue weighted by Crippen LogP contribution is 2.26. The maximum atomic E-state index is 12.7. The molecule has 0 atom stereocenters. The Morgan fingerprint density at radius 1 is 0.929 bits per heavy atom. The molecule has 2 saturated heterocycles. The molecule has 0 radical (unpaired) electrons. The van der Waals surface area contributed by atoms with Gasteiger partial charge in [-0.15, -0.1) is 0 Å². The highest BCUT2D eigenvalue weighted by molar-refractivity contribution is 7.89. The Balaban J connectivity index is 1.29. The second-order valence-corrected chi connectivity index (χ2v) is 9.98. The standard InChI is InChI=1S/C22H29N3O2S/c26-28(27,22-4-3-11-23-17-22)25-14-9-20(10-15-25)16-19-5-7-21(8-6-19)18-24-12-1-2-13-24/h3-8,11,17,20H,1-2,9-10,12-16,18H2. The molecular weight excluding hydrogens is 370 g/mol. The summed E-state index contributed by atoms with van der Waals surface area (Å²) in [5, 5.41) is 0. The van der Waals surface area contributed by atoms with Gasteiger partial charge in [0.1, 0.15) is 4.90 Å². The molecule has 0 aliphatic carbocycles. The van der Waals surface area contributed by atoms with Gasteiger partial charge in [-0.1, -0.05) is 24.3 Å². The maximum absolute atomic E-state index is 12.7. The fourth-order valence-corrected chi connectivity index (χ4v) is 5.75. The monoisotopic (exact) mass is 399 g/mol. The fourth-order valence-electron chi connectivity index (χ4n) is 4.32. The van der Waals surface area contributed by atoms with E-state index in [9.17, 15) is 8.42 Å². The topological polar surface area (TPSA) is 53.5 Å². The Hall–Kier alpha value is -1.76. The molecule has 2 aromatic rings. The van der Waals surface area contributed by atoms with Gasteiger partial charge in [0.25, 0.3) is 0 Å². The van der Waals surface area contributed by atoms with E-state index in [0.717, 1.165) is 25.8 Å². The number of benzene rings is 1. The van der Waals surface area contributed by atoms with Crippen LogP contribution in [0.1, 0.15) is 36.8 Å². The summed E-state index contributed by atoms with van der Waals surface area (Å²) < 4.78 is 27.0. The van der Waals surface area contributed by atoms with Crippen molar-refractivity contribution >= 4 is 10.0 Å². The molecule has 0 bridgehead atoms. The molecule has 4 rings (SSSR count). The van der Waals surface area contributed by atoms with Crippen LogP contribution in [0.25, 0.3) is 0 Å². The molecule has 0 spiro atoms. The van der Waals surface area contributed by atoms with E-state index in [2.05, 4.69) is 34.1 Å². The molecule has 5 nitrogen and oxygen atoms in total. The Labute approximate surface area is 168 Å². The quantitative estimate of drug-likeness (QED) is 0.748. The molecule has 2 fully saturated rings. The lowest BCUT2D eigenvalue weighted by Crippen LogP contribution is -2.38. The van der Waals surface area contributed by atoms with Crippen LogP contribution in [-0.4, -0.2) is 48.8 Å².